The maximum Gasteiger partial charge on any atom is 0 e. The summed E-state index contributed by atoms with van der Waals surface area (Å²) in [5.41, 5.74) is 77.3. The molecule has 0 N–H and O–H groups in total. The first-order valence-corrected chi connectivity index (χ1v) is 18.6. The Morgan fingerprint density at radius 2 is 0.483 bits per heavy atom. The molecule has 3 aromatic carbocycles. The molecule has 0 amide bonds. The van der Waals surface area contributed by atoms with E-state index < -0.39 is 0 Å². The molecule has 0 heterocycles. The average molecular weight is 830 g/mol. The zero-order valence-corrected chi connectivity index (χ0v) is 35.0. The molecule has 0 nitrogen and oxygen atoms in total. The van der Waals surface area contributed by atoms with Crippen molar-refractivity contribution in [1.82, 2.24) is 0 Å². The van der Waals surface area contributed by atoms with Crippen LogP contribution in [0, 0.1) is 0 Å². The molecule has 0 bridgehead atoms. The summed E-state index contributed by atoms with van der Waals surface area (Å²) < 4.78 is 0. The zero-order chi connectivity index (χ0) is 43.9. The summed E-state index contributed by atoms with van der Waals surface area (Å²) in [5.74, 6) is 1.63. The van der Waals surface area contributed by atoms with Gasteiger partial charge < -0.3 is 0 Å². The molecule has 3 rings (SSSR count). The molecule has 0 spiro atoms. The normalized spacial score (nSPS) is 7.35. The lowest BCUT2D eigenvalue weighted by molar-refractivity contribution is 0.866. The predicted molar refractivity (Wildman–Crippen MR) is 316 cm³/mol. The van der Waals surface area contributed by atoms with Gasteiger partial charge in [-0.1, -0.05) is 149 Å². The Bertz CT molecular complexity index is 3150. The molecule has 0 aliphatic heterocycles. The predicted octanol–water partition coefficient (Wildman–Crippen LogP) is 22.7. The molecule has 0 heteroatoms. The molecule has 0 aliphatic rings. The van der Waals surface area contributed by atoms with Gasteiger partial charge in [0.25, 0.3) is 0 Å². The van der Waals surface area contributed by atoms with Gasteiger partial charge in [-0.05, 0) is 209 Å². The fourth-order valence-electron chi connectivity index (χ4n) is 4.00. The number of rotatable bonds is 6. The maximum absolute atomic E-state index is 3.34. The Labute approximate surface area is 405 Å². The van der Waals surface area contributed by atoms with Crippen LogP contribution in [0.4, 0.5) is 0 Å². The van der Waals surface area contributed by atoms with Crippen LogP contribution in [0.1, 0.15) is 140 Å². The van der Waals surface area contributed by atoms with Crippen molar-refractivity contribution in [1.29, 1.82) is 0 Å². The van der Waals surface area contributed by atoms with Crippen LogP contribution in [0.5, 0.6) is 0 Å². The molecule has 0 radical (unpaired) electrons. The average Bonchev–Trinajstić information content (AvgIpc) is 3.25. The molecule has 0 fully saturated rings. The highest BCUT2D eigenvalue weighted by Crippen LogP contribution is 2.16. The minimum absolute atomic E-state index is 0. The number of hydrogen-bond donors (Lipinski definition) is 0. The molecule has 0 saturated carbocycles. The minimum atomic E-state index is 0. The monoisotopic (exact) mass is 829 g/mol. The summed E-state index contributed by atoms with van der Waals surface area (Å²) in [6.07, 6.45) is 5.50. The zero-order valence-electron chi connectivity index (χ0n) is 35.0. The summed E-state index contributed by atoms with van der Waals surface area (Å²) in [4.78, 5) is 0. The first-order valence-electron chi connectivity index (χ1n) is 18.6. The van der Waals surface area contributed by atoms with Crippen LogP contribution in [0.25, 0.3) is 18.2 Å². The molecule has 348 valence electrons. The highest BCUT2D eigenvalue weighted by Gasteiger charge is 1.98. The Morgan fingerprint density at radius 3 is 0.667 bits per heavy atom. The third kappa shape index (κ3) is 25.9. The molecule has 0 aliphatic carbocycles. The van der Waals surface area contributed by atoms with Crippen molar-refractivity contribution >= 4 is 18.2 Å². The van der Waals surface area contributed by atoms with E-state index >= 15 is 0 Å². The van der Waals surface area contributed by atoms with E-state index in [9.17, 15) is 0 Å². The highest BCUT2D eigenvalue weighted by molar-refractivity contribution is 5.50. The van der Waals surface area contributed by atoms with Crippen LogP contribution >= 0.6 is 0 Å². The smallest absolute Gasteiger partial charge is 0 e. The van der Waals surface area contributed by atoms with Crippen molar-refractivity contribution in [3.05, 3.63) is 281 Å². The lowest BCUT2D eigenvalue weighted by Crippen LogP contribution is -1.85. The van der Waals surface area contributed by atoms with Crippen LogP contribution in [0.15, 0.2) is 247 Å². The summed E-state index contributed by atoms with van der Waals surface area (Å²) in [7, 11) is 0. The van der Waals surface area contributed by atoms with Gasteiger partial charge in [0.15, 0.2) is 0 Å². The van der Waals surface area contributed by atoms with E-state index in [0.29, 0.717) is 17.8 Å². The summed E-state index contributed by atoms with van der Waals surface area (Å²) in [6, 6.07) is 25.0. The van der Waals surface area contributed by atoms with Crippen molar-refractivity contribution in [2.75, 3.05) is 0 Å². The highest BCUT2D eigenvalue weighted by atomic mass is 14.0. The van der Waals surface area contributed by atoms with Gasteiger partial charge in [0.1, 0.15) is 0 Å². The lowest BCUT2D eigenvalue weighted by atomic mass is 10.0. The Balaban J connectivity index is -0.0000000159. The fraction of sp³-hybridized carbons (Fsp3) is 0.150. The van der Waals surface area contributed by atoms with E-state index in [1.165, 1.54) is 16.7 Å². The van der Waals surface area contributed by atoms with Crippen LogP contribution in [0.2, 0.25) is 0 Å². The quantitative estimate of drug-likeness (QED) is 0.217. The Kier molecular flexibility index (Phi) is 27.2. The van der Waals surface area contributed by atoms with E-state index in [1.54, 1.807) is 0 Å². The molecule has 0 unspecified atom stereocenters. The first-order chi connectivity index (χ1) is 29.2. The number of benzene rings is 3. The van der Waals surface area contributed by atoms with Gasteiger partial charge in [-0.15, -0.1) is 0 Å². The minimum Gasteiger partial charge on any atom is -0.0687 e. The van der Waals surface area contributed by atoms with Crippen molar-refractivity contribution in [2.24, 2.45) is 0 Å². The standard InChI is InChI=1S/C21H14.C20H14.C19H14.33H2/c1-4-5-6-7-8-9-10-11-12-13-14-20-15-17-21(18-16-20)19(2)3;1-4-5-6-7-8-9-10-11-12-13-19-14-16-20(17-15-19)18(2)3;1-4-5-6-7-8-9-10-11-12-18-13-15-19(16-14-18)17(2)3;;;;;;;;;;;;;;;;;;;;;;;;;;;;;;;;;/h14-19H,1H2,2-3H3;13-18H,1H2,2-3H3;12-17H,1H2,2-3H3;33*1H. The van der Waals surface area contributed by atoms with E-state index in [2.05, 4.69) is 289 Å². The van der Waals surface area contributed by atoms with Gasteiger partial charge in [0.05, 0.1) is 0 Å². The third-order valence-electron chi connectivity index (χ3n) is 7.13. The Morgan fingerprint density at radius 1 is 0.300 bits per heavy atom. The van der Waals surface area contributed by atoms with Gasteiger partial charge in [-0.25, -0.2) is 0 Å². The van der Waals surface area contributed by atoms with Crippen LogP contribution in [-0.2, 0) is 0 Å². The van der Waals surface area contributed by atoms with Crippen LogP contribution < -0.4 is 0 Å². The molecule has 0 saturated heterocycles. The van der Waals surface area contributed by atoms with Gasteiger partial charge in [0.2, 0.25) is 0 Å². The second kappa shape index (κ2) is 33.3. The van der Waals surface area contributed by atoms with Crippen LogP contribution in [-0.4, -0.2) is 0 Å². The topological polar surface area (TPSA) is 0 Å². The third-order valence-corrected chi connectivity index (χ3v) is 7.13. The second-order valence-corrected chi connectivity index (χ2v) is 12.5. The summed E-state index contributed by atoms with van der Waals surface area (Å²) in [6.45, 7) is 23.0. The van der Waals surface area contributed by atoms with E-state index in [1.807, 2.05) is 18.2 Å². The van der Waals surface area contributed by atoms with E-state index in [0.717, 1.165) is 16.7 Å². The summed E-state index contributed by atoms with van der Waals surface area (Å²) in [5, 5.41) is 0. The van der Waals surface area contributed by atoms with Crippen molar-refractivity contribution < 1.29 is 47.1 Å². The van der Waals surface area contributed by atoms with Gasteiger partial charge in [-0.3, -0.25) is 0 Å². The fourth-order valence-corrected chi connectivity index (χ4v) is 4.00. The number of hydrogen-bond acceptors (Lipinski definition) is 0. The Hall–Kier alpha value is -9.06. The second-order valence-electron chi connectivity index (χ2n) is 12.5. The van der Waals surface area contributed by atoms with Gasteiger partial charge in [0, 0.05) is 47.1 Å². The molecule has 3 aromatic rings. The van der Waals surface area contributed by atoms with Gasteiger partial charge >= 0.3 is 0 Å². The lowest BCUT2D eigenvalue weighted by Gasteiger charge is -2.03. The maximum atomic E-state index is 3.34. The SMILES string of the molecule is C=C=C=C=C=C=C=C=C=C=C=Cc1ccc(C(C)C)cc1.C=C=C=C=C=C=C=C=C=C=Cc1ccc(C(C)C)cc1.C=C=C=C=C=C=C=C=C=Cc1ccc(C(C)C)cc1.[HH].[HH].[HH].[HH].[HH].[HH].[HH].[HH].[HH].[HH].[HH].[HH].[HH].[HH].[HH].[HH].[HH].[HH].[HH].[HH].[HH].[HH].[HH].[HH].[HH].[HH].[HH].[HH].[HH].[HH].[HH].[HH].[HH]. The van der Waals surface area contributed by atoms with Crippen molar-refractivity contribution in [3.8, 4) is 0 Å². The summed E-state index contributed by atoms with van der Waals surface area (Å²) >= 11 is 0. The van der Waals surface area contributed by atoms with Crippen molar-refractivity contribution in [2.45, 2.75) is 59.3 Å². The molecular formula is C60H108. The molecule has 0 aromatic heterocycles. The largest absolute Gasteiger partial charge is 0.0687 e. The van der Waals surface area contributed by atoms with Gasteiger partial charge in [-0.2, -0.15) is 0 Å². The van der Waals surface area contributed by atoms with E-state index in [4.69, 9.17) is 0 Å². The molecular weight excluding hydrogens is 721 g/mol. The van der Waals surface area contributed by atoms with E-state index in [-0.39, 0.29) is 47.1 Å². The first kappa shape index (κ1) is 49.0. The van der Waals surface area contributed by atoms with Crippen LogP contribution in [0.3, 0.4) is 0 Å². The van der Waals surface area contributed by atoms with Crippen molar-refractivity contribution in [3.63, 3.8) is 0 Å². The molecule has 0 atom stereocenters. The molecule has 60 heavy (non-hydrogen) atoms.